The first-order chi connectivity index (χ1) is 12.5. The largest absolute Gasteiger partial charge is 0.350 e. The summed E-state index contributed by atoms with van der Waals surface area (Å²) in [6, 6.07) is 8.36. The Hall–Kier alpha value is -3.16. The summed E-state index contributed by atoms with van der Waals surface area (Å²) in [6.45, 7) is 1.27. The molecule has 2 heterocycles. The summed E-state index contributed by atoms with van der Waals surface area (Å²) in [5.41, 5.74) is 0.771. The van der Waals surface area contributed by atoms with Crippen molar-refractivity contribution in [1.82, 2.24) is 20.5 Å². The van der Waals surface area contributed by atoms with Gasteiger partial charge in [0, 0.05) is 31.9 Å². The van der Waals surface area contributed by atoms with Crippen LogP contribution in [0.5, 0.6) is 0 Å². The van der Waals surface area contributed by atoms with Crippen LogP contribution in [0, 0.1) is 5.82 Å². The van der Waals surface area contributed by atoms with Crippen molar-refractivity contribution >= 4 is 11.9 Å². The lowest BCUT2D eigenvalue weighted by Gasteiger charge is -2.27. The number of rotatable bonds is 6. The summed E-state index contributed by atoms with van der Waals surface area (Å²) in [4.78, 5) is 39.4. The lowest BCUT2D eigenvalue weighted by Crippen LogP contribution is -2.46. The van der Waals surface area contributed by atoms with Crippen molar-refractivity contribution in [3.63, 3.8) is 0 Å². The SMILES string of the molecule is O=C(NC[C@H](Cc1cccc(F)c1)N1CCNC1=O)c1ccc(=O)[nH]c1. The molecule has 1 fully saturated rings. The zero-order valence-corrected chi connectivity index (χ0v) is 14.0. The highest BCUT2D eigenvalue weighted by atomic mass is 19.1. The van der Waals surface area contributed by atoms with Crippen LogP contribution >= 0.6 is 0 Å². The minimum absolute atomic E-state index is 0.204. The predicted octanol–water partition coefficient (Wildman–Crippen LogP) is 0.880. The van der Waals surface area contributed by atoms with E-state index >= 15 is 0 Å². The Morgan fingerprint density at radius 2 is 2.12 bits per heavy atom. The maximum absolute atomic E-state index is 13.4. The molecule has 1 aromatic heterocycles. The quantitative estimate of drug-likeness (QED) is 0.715. The highest BCUT2D eigenvalue weighted by molar-refractivity contribution is 5.93. The molecule has 3 N–H and O–H groups in total. The number of benzene rings is 1. The van der Waals surface area contributed by atoms with Crippen LogP contribution in [-0.2, 0) is 6.42 Å². The fraction of sp³-hybridized carbons (Fsp3) is 0.278. The molecule has 0 unspecified atom stereocenters. The molecule has 0 spiro atoms. The van der Waals surface area contributed by atoms with Gasteiger partial charge in [-0.05, 0) is 30.2 Å². The number of urea groups is 1. The van der Waals surface area contributed by atoms with Gasteiger partial charge in [-0.25, -0.2) is 9.18 Å². The van der Waals surface area contributed by atoms with Crippen LogP contribution in [0.15, 0.2) is 47.4 Å². The molecular weight excluding hydrogens is 339 g/mol. The van der Waals surface area contributed by atoms with Gasteiger partial charge in [-0.2, -0.15) is 0 Å². The van der Waals surface area contributed by atoms with Gasteiger partial charge in [0.1, 0.15) is 5.82 Å². The molecule has 26 heavy (non-hydrogen) atoms. The van der Waals surface area contributed by atoms with Gasteiger partial charge in [0.15, 0.2) is 0 Å². The zero-order valence-electron chi connectivity index (χ0n) is 14.0. The average molecular weight is 358 g/mol. The number of amides is 3. The number of halogens is 1. The Morgan fingerprint density at radius 1 is 1.27 bits per heavy atom. The molecule has 1 aromatic carbocycles. The van der Waals surface area contributed by atoms with E-state index in [2.05, 4.69) is 15.6 Å². The first kappa shape index (κ1) is 17.7. The Morgan fingerprint density at radius 3 is 2.77 bits per heavy atom. The number of hydrogen-bond acceptors (Lipinski definition) is 3. The third-order valence-corrected chi connectivity index (χ3v) is 4.24. The summed E-state index contributed by atoms with van der Waals surface area (Å²) in [5.74, 6) is -0.700. The molecule has 1 aliphatic rings. The average Bonchev–Trinajstić information content (AvgIpc) is 3.05. The van der Waals surface area contributed by atoms with Gasteiger partial charge in [-0.15, -0.1) is 0 Å². The Bertz CT molecular complexity index is 847. The van der Waals surface area contributed by atoms with Gasteiger partial charge in [-0.3, -0.25) is 9.59 Å². The molecule has 2 aromatic rings. The summed E-state index contributed by atoms with van der Waals surface area (Å²) < 4.78 is 13.4. The molecule has 0 radical (unpaired) electrons. The van der Waals surface area contributed by atoms with Crippen molar-refractivity contribution in [1.29, 1.82) is 0 Å². The van der Waals surface area contributed by atoms with E-state index in [0.29, 0.717) is 25.1 Å². The van der Waals surface area contributed by atoms with Crippen molar-refractivity contribution in [3.05, 3.63) is 69.9 Å². The molecule has 1 atom stereocenters. The maximum atomic E-state index is 13.4. The van der Waals surface area contributed by atoms with Crippen LogP contribution in [0.25, 0.3) is 0 Å². The first-order valence-electron chi connectivity index (χ1n) is 8.29. The highest BCUT2D eigenvalue weighted by Crippen LogP contribution is 2.13. The van der Waals surface area contributed by atoms with Crippen LogP contribution in [0.3, 0.4) is 0 Å². The molecular formula is C18H19FN4O3. The van der Waals surface area contributed by atoms with E-state index in [0.717, 1.165) is 5.56 Å². The van der Waals surface area contributed by atoms with Gasteiger partial charge in [0.2, 0.25) is 5.56 Å². The third-order valence-electron chi connectivity index (χ3n) is 4.24. The van der Waals surface area contributed by atoms with Crippen LogP contribution in [0.1, 0.15) is 15.9 Å². The molecule has 8 heteroatoms. The molecule has 3 rings (SSSR count). The van der Waals surface area contributed by atoms with Crippen LogP contribution in [0.2, 0.25) is 0 Å². The lowest BCUT2D eigenvalue weighted by atomic mass is 10.0. The lowest BCUT2D eigenvalue weighted by molar-refractivity contribution is 0.0939. The number of pyridine rings is 1. The fourth-order valence-electron chi connectivity index (χ4n) is 2.93. The van der Waals surface area contributed by atoms with Gasteiger partial charge in [0.25, 0.3) is 5.91 Å². The van der Waals surface area contributed by atoms with Gasteiger partial charge >= 0.3 is 6.03 Å². The molecule has 136 valence electrons. The second-order valence-corrected chi connectivity index (χ2v) is 6.06. The Kier molecular flexibility index (Phi) is 5.31. The summed E-state index contributed by atoms with van der Waals surface area (Å²) >= 11 is 0. The van der Waals surface area contributed by atoms with E-state index in [4.69, 9.17) is 0 Å². The van der Waals surface area contributed by atoms with E-state index in [1.807, 2.05) is 0 Å². The molecule has 0 saturated carbocycles. The second kappa shape index (κ2) is 7.81. The minimum atomic E-state index is -0.356. The number of hydrogen-bond donors (Lipinski definition) is 3. The standard InChI is InChI=1S/C18H19FN4O3/c19-14-3-1-2-12(8-14)9-15(23-7-6-20-18(23)26)11-22-17(25)13-4-5-16(24)21-10-13/h1-5,8,10,15H,6-7,9,11H2,(H,20,26)(H,21,24)(H,22,25)/t15-/m0/s1. The molecule has 3 amide bonds. The van der Waals surface area contributed by atoms with Crippen LogP contribution in [-0.4, -0.2) is 47.5 Å². The van der Waals surface area contributed by atoms with E-state index in [9.17, 15) is 18.8 Å². The first-order valence-corrected chi connectivity index (χ1v) is 8.29. The number of carbonyl (C=O) groups is 2. The maximum Gasteiger partial charge on any atom is 0.317 e. The smallest absolute Gasteiger partial charge is 0.317 e. The van der Waals surface area contributed by atoms with E-state index in [-0.39, 0.29) is 35.9 Å². The number of aromatic amines is 1. The molecule has 1 saturated heterocycles. The Labute approximate surface area is 149 Å². The third kappa shape index (κ3) is 4.27. The number of nitrogens with one attached hydrogen (secondary N) is 3. The van der Waals surface area contributed by atoms with Crippen LogP contribution < -0.4 is 16.2 Å². The zero-order chi connectivity index (χ0) is 18.5. The Balaban J connectivity index is 1.70. The molecule has 1 aliphatic heterocycles. The van der Waals surface area contributed by atoms with Crippen molar-refractivity contribution in [2.45, 2.75) is 12.5 Å². The number of nitrogens with zero attached hydrogens (tertiary/aromatic N) is 1. The number of H-pyrrole nitrogens is 1. The van der Waals surface area contributed by atoms with Gasteiger partial charge in [-0.1, -0.05) is 12.1 Å². The second-order valence-electron chi connectivity index (χ2n) is 6.06. The van der Waals surface area contributed by atoms with E-state index in [1.165, 1.54) is 30.5 Å². The van der Waals surface area contributed by atoms with Crippen molar-refractivity contribution in [3.8, 4) is 0 Å². The summed E-state index contributed by atoms with van der Waals surface area (Å²) in [5, 5.41) is 5.51. The number of carbonyl (C=O) groups excluding carboxylic acids is 2. The highest BCUT2D eigenvalue weighted by Gasteiger charge is 2.28. The van der Waals surface area contributed by atoms with Gasteiger partial charge in [0.05, 0.1) is 11.6 Å². The fourth-order valence-corrected chi connectivity index (χ4v) is 2.93. The molecule has 0 bridgehead atoms. The van der Waals surface area contributed by atoms with Crippen LogP contribution in [0.4, 0.5) is 9.18 Å². The van der Waals surface area contributed by atoms with E-state index < -0.39 is 0 Å². The normalized spacial score (nSPS) is 14.8. The number of aromatic nitrogens is 1. The van der Waals surface area contributed by atoms with Crippen molar-refractivity contribution in [2.24, 2.45) is 0 Å². The van der Waals surface area contributed by atoms with Crippen molar-refractivity contribution < 1.29 is 14.0 Å². The molecule has 0 aliphatic carbocycles. The summed E-state index contributed by atoms with van der Waals surface area (Å²) in [7, 11) is 0. The van der Waals surface area contributed by atoms with Gasteiger partial charge < -0.3 is 20.5 Å². The topological polar surface area (TPSA) is 94.3 Å². The minimum Gasteiger partial charge on any atom is -0.350 e. The van der Waals surface area contributed by atoms with Crippen molar-refractivity contribution in [2.75, 3.05) is 19.6 Å². The summed E-state index contributed by atoms with van der Waals surface area (Å²) in [6.07, 6.45) is 1.75. The predicted molar refractivity (Wildman–Crippen MR) is 93.4 cm³/mol. The monoisotopic (exact) mass is 358 g/mol. The van der Waals surface area contributed by atoms with E-state index in [1.54, 1.807) is 17.0 Å². The molecule has 7 nitrogen and oxygen atoms in total.